The monoisotopic (exact) mass is 318 g/mol. The molecule has 0 aliphatic heterocycles. The van der Waals surface area contributed by atoms with E-state index < -0.39 is 0 Å². The molecule has 0 heterocycles. The fraction of sp³-hybridized carbons (Fsp3) is 0.727. The Balaban J connectivity index is 3.03. The van der Waals surface area contributed by atoms with Crippen LogP contribution in [0.25, 0.3) is 0 Å². The second-order valence-electron chi connectivity index (χ2n) is 6.90. The van der Waals surface area contributed by atoms with Gasteiger partial charge in [-0.05, 0) is 60.4 Å². The Hall–Kier alpha value is -0.980. The Bertz CT molecular complexity index is 448. The Morgan fingerprint density at radius 3 is 1.83 bits per heavy atom. The molecule has 0 unspecified atom stereocenters. The van der Waals surface area contributed by atoms with E-state index in [4.69, 9.17) is 0 Å². The second kappa shape index (κ2) is 11.5. The maximum atomic E-state index is 10.6. The summed E-state index contributed by atoms with van der Waals surface area (Å²) in [6, 6.07) is 2.08. The van der Waals surface area contributed by atoms with Gasteiger partial charge in [0.05, 0.1) is 0 Å². The molecule has 0 fully saturated rings. The summed E-state index contributed by atoms with van der Waals surface area (Å²) in [6.07, 6.45) is 14.4. The van der Waals surface area contributed by atoms with Gasteiger partial charge in [0.2, 0.25) is 0 Å². The molecule has 0 atom stereocenters. The molecule has 0 aliphatic carbocycles. The van der Waals surface area contributed by atoms with Crippen LogP contribution in [-0.4, -0.2) is 5.11 Å². The molecule has 1 N–H and O–H groups in total. The van der Waals surface area contributed by atoms with Gasteiger partial charge in [-0.25, -0.2) is 0 Å². The van der Waals surface area contributed by atoms with Gasteiger partial charge in [-0.15, -0.1) is 0 Å². The molecule has 0 aliphatic rings. The number of aromatic hydroxyl groups is 1. The number of hydrogen-bond acceptors (Lipinski definition) is 1. The van der Waals surface area contributed by atoms with Crippen LogP contribution in [0.15, 0.2) is 6.07 Å². The first kappa shape index (κ1) is 20.1. The van der Waals surface area contributed by atoms with Gasteiger partial charge in [0.1, 0.15) is 5.75 Å². The second-order valence-corrected chi connectivity index (χ2v) is 6.90. The molecular weight excluding hydrogens is 280 g/mol. The Kier molecular flexibility index (Phi) is 10.1. The summed E-state index contributed by atoms with van der Waals surface area (Å²) in [4.78, 5) is 0. The largest absolute Gasteiger partial charge is 0.508 e. The maximum Gasteiger partial charge on any atom is 0.119 e. The van der Waals surface area contributed by atoms with E-state index in [1.807, 2.05) is 0 Å². The molecule has 0 saturated carbocycles. The molecule has 132 valence electrons. The lowest BCUT2D eigenvalue weighted by Crippen LogP contribution is -2.06. The van der Waals surface area contributed by atoms with Gasteiger partial charge in [-0.3, -0.25) is 0 Å². The van der Waals surface area contributed by atoms with E-state index in [0.717, 1.165) is 38.5 Å². The van der Waals surface area contributed by atoms with Crippen LogP contribution in [0.4, 0.5) is 0 Å². The van der Waals surface area contributed by atoms with Gasteiger partial charge in [-0.1, -0.05) is 72.6 Å². The smallest absolute Gasteiger partial charge is 0.119 e. The van der Waals surface area contributed by atoms with Crippen molar-refractivity contribution in [2.75, 3.05) is 0 Å². The quantitative estimate of drug-likeness (QED) is 0.422. The van der Waals surface area contributed by atoms with E-state index in [1.165, 1.54) is 55.2 Å². The third kappa shape index (κ3) is 6.20. The van der Waals surface area contributed by atoms with Crippen LogP contribution >= 0.6 is 0 Å². The van der Waals surface area contributed by atoms with Gasteiger partial charge >= 0.3 is 0 Å². The molecular formula is C22H38O. The van der Waals surface area contributed by atoms with E-state index in [2.05, 4.69) is 33.8 Å². The van der Waals surface area contributed by atoms with Crippen LogP contribution in [-0.2, 0) is 25.7 Å². The highest BCUT2D eigenvalue weighted by molar-refractivity contribution is 5.49. The molecule has 0 radical (unpaired) electrons. The summed E-state index contributed by atoms with van der Waals surface area (Å²) in [5.41, 5.74) is 5.68. The zero-order valence-electron chi connectivity index (χ0n) is 16.0. The highest BCUT2D eigenvalue weighted by Gasteiger charge is 2.16. The fourth-order valence-corrected chi connectivity index (χ4v) is 3.66. The summed E-state index contributed by atoms with van der Waals surface area (Å²) < 4.78 is 0. The van der Waals surface area contributed by atoms with Gasteiger partial charge in [0, 0.05) is 0 Å². The number of phenolic OH excluding ortho intramolecular Hbond substituents is 1. The van der Waals surface area contributed by atoms with Crippen LogP contribution in [0, 0.1) is 0 Å². The Labute approximate surface area is 144 Å². The highest BCUT2D eigenvalue weighted by atomic mass is 16.3. The first-order valence-corrected chi connectivity index (χ1v) is 10.0. The third-order valence-electron chi connectivity index (χ3n) is 4.79. The van der Waals surface area contributed by atoms with Crippen LogP contribution < -0.4 is 0 Å². The Morgan fingerprint density at radius 2 is 1.22 bits per heavy atom. The summed E-state index contributed by atoms with van der Waals surface area (Å²) >= 11 is 0. The van der Waals surface area contributed by atoms with Crippen molar-refractivity contribution < 1.29 is 5.11 Å². The van der Waals surface area contributed by atoms with Gasteiger partial charge in [0.15, 0.2) is 0 Å². The van der Waals surface area contributed by atoms with Crippen LogP contribution in [0.2, 0.25) is 0 Å². The molecule has 1 aromatic rings. The summed E-state index contributed by atoms with van der Waals surface area (Å²) in [5, 5.41) is 10.6. The highest BCUT2D eigenvalue weighted by Crippen LogP contribution is 2.32. The summed E-state index contributed by atoms with van der Waals surface area (Å²) in [5.74, 6) is 0.562. The summed E-state index contributed by atoms with van der Waals surface area (Å²) in [7, 11) is 0. The number of unbranched alkanes of at least 4 members (excludes halogenated alkanes) is 4. The molecule has 0 bridgehead atoms. The minimum Gasteiger partial charge on any atom is -0.508 e. The van der Waals surface area contributed by atoms with Crippen molar-refractivity contribution in [3.8, 4) is 5.75 Å². The number of phenols is 1. The number of rotatable bonds is 12. The zero-order chi connectivity index (χ0) is 17.1. The average Bonchev–Trinajstić information content (AvgIpc) is 2.53. The van der Waals surface area contributed by atoms with E-state index >= 15 is 0 Å². The minimum atomic E-state index is 0.562. The third-order valence-corrected chi connectivity index (χ3v) is 4.79. The molecule has 1 rings (SSSR count). The maximum absolute atomic E-state index is 10.6. The van der Waals surface area contributed by atoms with Crippen LogP contribution in [0.5, 0.6) is 5.75 Å². The number of hydrogen-bond donors (Lipinski definition) is 1. The van der Waals surface area contributed by atoms with E-state index in [-0.39, 0.29) is 0 Å². The number of benzene rings is 1. The van der Waals surface area contributed by atoms with Crippen molar-refractivity contribution in [2.45, 2.75) is 105 Å². The molecule has 0 amide bonds. The van der Waals surface area contributed by atoms with E-state index in [1.54, 1.807) is 5.56 Å². The molecule has 1 nitrogen and oxygen atoms in total. The van der Waals surface area contributed by atoms with Crippen molar-refractivity contribution in [3.63, 3.8) is 0 Å². The molecule has 0 saturated heterocycles. The molecule has 1 aromatic carbocycles. The Morgan fingerprint density at radius 1 is 0.609 bits per heavy atom. The van der Waals surface area contributed by atoms with Crippen molar-refractivity contribution in [1.29, 1.82) is 0 Å². The van der Waals surface area contributed by atoms with E-state index in [9.17, 15) is 5.11 Å². The van der Waals surface area contributed by atoms with Crippen molar-refractivity contribution >= 4 is 0 Å². The topological polar surface area (TPSA) is 20.2 Å². The normalized spacial score (nSPS) is 11.1. The fourth-order valence-electron chi connectivity index (χ4n) is 3.66. The van der Waals surface area contributed by atoms with E-state index in [0.29, 0.717) is 5.75 Å². The predicted molar refractivity (Wildman–Crippen MR) is 103 cm³/mol. The molecule has 0 aromatic heterocycles. The SMILES string of the molecule is CCCCCCCc1c(O)cc(CCC)c(CCC)c1CCC. The van der Waals surface area contributed by atoms with Crippen LogP contribution in [0.3, 0.4) is 0 Å². The lowest BCUT2D eigenvalue weighted by atomic mass is 9.86. The molecule has 23 heavy (non-hydrogen) atoms. The first-order chi connectivity index (χ1) is 11.2. The lowest BCUT2D eigenvalue weighted by molar-refractivity contribution is 0.463. The van der Waals surface area contributed by atoms with Gasteiger partial charge in [-0.2, -0.15) is 0 Å². The minimum absolute atomic E-state index is 0.562. The van der Waals surface area contributed by atoms with Crippen molar-refractivity contribution in [1.82, 2.24) is 0 Å². The molecule has 0 spiro atoms. The van der Waals surface area contributed by atoms with Crippen molar-refractivity contribution in [3.05, 3.63) is 28.3 Å². The number of aryl methyl sites for hydroxylation is 1. The first-order valence-electron chi connectivity index (χ1n) is 10.0. The van der Waals surface area contributed by atoms with Crippen molar-refractivity contribution in [2.24, 2.45) is 0 Å². The summed E-state index contributed by atoms with van der Waals surface area (Å²) in [6.45, 7) is 9.01. The molecule has 1 heteroatoms. The zero-order valence-corrected chi connectivity index (χ0v) is 16.0. The van der Waals surface area contributed by atoms with Gasteiger partial charge < -0.3 is 5.11 Å². The lowest BCUT2D eigenvalue weighted by Gasteiger charge is -2.20. The predicted octanol–water partition coefficient (Wildman–Crippen LogP) is 6.76. The van der Waals surface area contributed by atoms with Gasteiger partial charge in [0.25, 0.3) is 0 Å². The standard InChI is InChI=1S/C22H38O/c1-5-9-10-11-12-16-21-20(15-8-4)19(14-7-3)18(13-6-2)17-22(21)23/h17,23H,5-16H2,1-4H3. The van der Waals surface area contributed by atoms with Crippen LogP contribution in [0.1, 0.15) is 101 Å². The average molecular weight is 319 g/mol.